The third kappa shape index (κ3) is 3.21. The first-order valence-electron chi connectivity index (χ1n) is 8.07. The summed E-state index contributed by atoms with van der Waals surface area (Å²) in [6.45, 7) is 3.94. The van der Waals surface area contributed by atoms with E-state index in [4.69, 9.17) is 0 Å². The van der Waals surface area contributed by atoms with Gasteiger partial charge in [0.15, 0.2) is 0 Å². The van der Waals surface area contributed by atoms with Gasteiger partial charge in [-0.25, -0.2) is 0 Å². The quantitative estimate of drug-likeness (QED) is 0.920. The molecule has 2 saturated heterocycles. The van der Waals surface area contributed by atoms with Crippen LogP contribution in [0.1, 0.15) is 31.2 Å². The SMILES string of the molecule is CN(Cc1ccccc1N1CCCC1)C(=O)[C@H]1CCCN1. The minimum atomic E-state index is 0.0222. The monoisotopic (exact) mass is 287 g/mol. The maximum Gasteiger partial charge on any atom is 0.239 e. The Kier molecular flexibility index (Phi) is 4.44. The van der Waals surface area contributed by atoms with E-state index in [2.05, 4.69) is 34.5 Å². The predicted molar refractivity (Wildman–Crippen MR) is 85.4 cm³/mol. The number of carbonyl (C=O) groups is 1. The topological polar surface area (TPSA) is 35.6 Å². The molecule has 1 atom stereocenters. The molecular weight excluding hydrogens is 262 g/mol. The van der Waals surface area contributed by atoms with Crippen molar-refractivity contribution in [2.45, 2.75) is 38.3 Å². The van der Waals surface area contributed by atoms with Crippen molar-refractivity contribution in [1.29, 1.82) is 0 Å². The molecule has 2 aliphatic rings. The number of hydrogen-bond donors (Lipinski definition) is 1. The summed E-state index contributed by atoms with van der Waals surface area (Å²) in [6, 6.07) is 8.53. The van der Waals surface area contributed by atoms with Crippen LogP contribution in [0, 0.1) is 0 Å². The van der Waals surface area contributed by atoms with E-state index in [1.807, 2.05) is 11.9 Å². The molecular formula is C17H25N3O. The molecule has 1 aromatic rings. The zero-order valence-corrected chi connectivity index (χ0v) is 12.8. The summed E-state index contributed by atoms with van der Waals surface area (Å²) in [4.78, 5) is 16.8. The van der Waals surface area contributed by atoms with Crippen molar-refractivity contribution in [2.24, 2.45) is 0 Å². The van der Waals surface area contributed by atoms with Gasteiger partial charge in [0.05, 0.1) is 6.04 Å². The Morgan fingerprint density at radius 1 is 1.29 bits per heavy atom. The van der Waals surface area contributed by atoms with Crippen LogP contribution in [-0.4, -0.2) is 43.5 Å². The van der Waals surface area contributed by atoms with E-state index in [-0.39, 0.29) is 11.9 Å². The summed E-state index contributed by atoms with van der Waals surface area (Å²) in [6.07, 6.45) is 4.62. The average Bonchev–Trinajstić information content (AvgIpc) is 3.20. The highest BCUT2D eigenvalue weighted by Crippen LogP contribution is 2.25. The fourth-order valence-electron chi connectivity index (χ4n) is 3.41. The number of nitrogens with zero attached hydrogens (tertiary/aromatic N) is 2. The first kappa shape index (κ1) is 14.4. The van der Waals surface area contributed by atoms with E-state index in [1.54, 1.807) is 0 Å². The smallest absolute Gasteiger partial charge is 0.239 e. The van der Waals surface area contributed by atoms with Gasteiger partial charge in [-0.3, -0.25) is 4.79 Å². The summed E-state index contributed by atoms with van der Waals surface area (Å²) in [5.41, 5.74) is 2.56. The molecule has 21 heavy (non-hydrogen) atoms. The van der Waals surface area contributed by atoms with Gasteiger partial charge in [0.25, 0.3) is 0 Å². The Balaban J connectivity index is 1.70. The normalized spacial score (nSPS) is 21.8. The van der Waals surface area contributed by atoms with Crippen LogP contribution < -0.4 is 10.2 Å². The first-order valence-corrected chi connectivity index (χ1v) is 8.07. The summed E-state index contributed by atoms with van der Waals surface area (Å²) in [5, 5.41) is 3.29. The minimum Gasteiger partial charge on any atom is -0.371 e. The minimum absolute atomic E-state index is 0.0222. The average molecular weight is 287 g/mol. The first-order chi connectivity index (χ1) is 10.3. The van der Waals surface area contributed by atoms with Gasteiger partial charge in [-0.2, -0.15) is 0 Å². The summed E-state index contributed by atoms with van der Waals surface area (Å²) in [5.74, 6) is 0.226. The van der Waals surface area contributed by atoms with Gasteiger partial charge in [0, 0.05) is 32.4 Å². The van der Waals surface area contributed by atoms with Gasteiger partial charge in [-0.05, 0) is 43.9 Å². The summed E-state index contributed by atoms with van der Waals surface area (Å²) < 4.78 is 0. The third-order valence-electron chi connectivity index (χ3n) is 4.58. The lowest BCUT2D eigenvalue weighted by atomic mass is 10.1. The second-order valence-corrected chi connectivity index (χ2v) is 6.17. The molecule has 114 valence electrons. The van der Waals surface area contributed by atoms with Crippen LogP contribution in [0.5, 0.6) is 0 Å². The van der Waals surface area contributed by atoms with Crippen LogP contribution in [0.15, 0.2) is 24.3 Å². The van der Waals surface area contributed by atoms with Crippen molar-refractivity contribution in [3.63, 3.8) is 0 Å². The molecule has 3 rings (SSSR count). The lowest BCUT2D eigenvalue weighted by molar-refractivity contribution is -0.132. The van der Waals surface area contributed by atoms with Crippen molar-refractivity contribution in [1.82, 2.24) is 10.2 Å². The van der Waals surface area contributed by atoms with Crippen molar-refractivity contribution in [3.8, 4) is 0 Å². The molecule has 1 aromatic carbocycles. The van der Waals surface area contributed by atoms with E-state index in [1.165, 1.54) is 24.1 Å². The third-order valence-corrected chi connectivity index (χ3v) is 4.58. The van der Waals surface area contributed by atoms with Crippen molar-refractivity contribution in [2.75, 3.05) is 31.6 Å². The van der Waals surface area contributed by atoms with Crippen LogP contribution in [0.25, 0.3) is 0 Å². The molecule has 2 heterocycles. The molecule has 1 N–H and O–H groups in total. The number of carbonyl (C=O) groups excluding carboxylic acids is 1. The van der Waals surface area contributed by atoms with Crippen LogP contribution >= 0.6 is 0 Å². The van der Waals surface area contributed by atoms with Crippen LogP contribution in [0.4, 0.5) is 5.69 Å². The number of benzene rings is 1. The number of para-hydroxylation sites is 1. The molecule has 0 unspecified atom stereocenters. The van der Waals surface area contributed by atoms with Gasteiger partial charge < -0.3 is 15.1 Å². The number of anilines is 1. The second-order valence-electron chi connectivity index (χ2n) is 6.17. The van der Waals surface area contributed by atoms with Gasteiger partial charge in [0.1, 0.15) is 0 Å². The second kappa shape index (κ2) is 6.48. The molecule has 4 nitrogen and oxygen atoms in total. The highest BCUT2D eigenvalue weighted by Gasteiger charge is 2.25. The maximum absolute atomic E-state index is 12.4. The molecule has 1 amide bonds. The van der Waals surface area contributed by atoms with E-state index < -0.39 is 0 Å². The molecule has 2 aliphatic heterocycles. The van der Waals surface area contributed by atoms with E-state index in [0.29, 0.717) is 6.54 Å². The molecule has 0 bridgehead atoms. The van der Waals surface area contributed by atoms with Crippen molar-refractivity contribution >= 4 is 11.6 Å². The van der Waals surface area contributed by atoms with Crippen molar-refractivity contribution in [3.05, 3.63) is 29.8 Å². The molecule has 2 fully saturated rings. The van der Waals surface area contributed by atoms with Gasteiger partial charge >= 0.3 is 0 Å². The Morgan fingerprint density at radius 2 is 2.05 bits per heavy atom. The molecule has 0 radical (unpaired) electrons. The van der Waals surface area contributed by atoms with Crippen molar-refractivity contribution < 1.29 is 4.79 Å². The largest absolute Gasteiger partial charge is 0.371 e. The van der Waals surface area contributed by atoms with E-state index in [9.17, 15) is 4.79 Å². The zero-order valence-electron chi connectivity index (χ0n) is 12.8. The number of hydrogen-bond acceptors (Lipinski definition) is 3. The molecule has 0 aromatic heterocycles. The lowest BCUT2D eigenvalue weighted by Gasteiger charge is -2.26. The van der Waals surface area contributed by atoms with Gasteiger partial charge in [-0.1, -0.05) is 18.2 Å². The fourth-order valence-corrected chi connectivity index (χ4v) is 3.41. The number of amides is 1. The standard InChI is InChI=1S/C17H25N3O/c1-19(17(21)15-8-6-10-18-15)13-14-7-2-3-9-16(14)20-11-4-5-12-20/h2-3,7,9,15,18H,4-6,8,10-13H2,1H3/t15-/m1/s1. The molecule has 0 aliphatic carbocycles. The summed E-state index contributed by atoms with van der Waals surface area (Å²) in [7, 11) is 1.92. The lowest BCUT2D eigenvalue weighted by Crippen LogP contribution is -2.41. The van der Waals surface area contributed by atoms with Crippen LogP contribution in [0.2, 0.25) is 0 Å². The van der Waals surface area contributed by atoms with Crippen LogP contribution in [0.3, 0.4) is 0 Å². The zero-order chi connectivity index (χ0) is 14.7. The number of likely N-dealkylation sites (N-methyl/N-ethyl adjacent to an activating group) is 1. The van der Waals surface area contributed by atoms with E-state index in [0.717, 1.165) is 32.5 Å². The van der Waals surface area contributed by atoms with Crippen LogP contribution in [-0.2, 0) is 11.3 Å². The van der Waals surface area contributed by atoms with E-state index >= 15 is 0 Å². The number of nitrogens with one attached hydrogen (secondary N) is 1. The maximum atomic E-state index is 12.4. The Hall–Kier alpha value is -1.55. The fraction of sp³-hybridized carbons (Fsp3) is 0.588. The Bertz CT molecular complexity index is 491. The van der Waals surface area contributed by atoms with Gasteiger partial charge in [-0.15, -0.1) is 0 Å². The van der Waals surface area contributed by atoms with Gasteiger partial charge in [0.2, 0.25) is 5.91 Å². The molecule has 0 saturated carbocycles. The highest BCUT2D eigenvalue weighted by atomic mass is 16.2. The molecule has 0 spiro atoms. The highest BCUT2D eigenvalue weighted by molar-refractivity contribution is 5.82. The predicted octanol–water partition coefficient (Wildman–Crippen LogP) is 2.00. The Labute approximate surface area is 127 Å². The molecule has 4 heteroatoms. The summed E-state index contributed by atoms with van der Waals surface area (Å²) >= 11 is 0. The Morgan fingerprint density at radius 3 is 2.76 bits per heavy atom. The number of rotatable bonds is 4.